The maximum atomic E-state index is 11.1. The molecule has 0 aliphatic heterocycles. The van der Waals surface area contributed by atoms with Gasteiger partial charge in [-0.3, -0.25) is 4.79 Å². The van der Waals surface area contributed by atoms with Crippen molar-refractivity contribution in [3.05, 3.63) is 17.5 Å². The molecule has 0 aromatic carbocycles. The Bertz CT molecular complexity index is 450. The molecule has 15 heavy (non-hydrogen) atoms. The lowest BCUT2D eigenvalue weighted by Gasteiger charge is -2.00. The molecule has 2 N–H and O–H groups in total. The molecule has 84 valence electrons. The topological polar surface area (TPSA) is 110 Å². The molecule has 0 saturated carbocycles. The minimum Gasteiger partial charge on any atom is -0.480 e. The predicted molar refractivity (Wildman–Crippen MR) is 49.5 cm³/mol. The molecule has 0 aliphatic carbocycles. The summed E-state index contributed by atoms with van der Waals surface area (Å²) in [6, 6.07) is 1.56. The number of aliphatic carboxylic acids is 1. The normalized spacial score (nSPS) is 11.5. The standard InChI is InChI=1S/C7H10N2O5S/c1-5-2-6(9-14-5)3-8-15(12,13)4-7(10)11/h2,8H,3-4H2,1H3,(H,10,11). The number of aromatic nitrogens is 1. The molecular formula is C7H10N2O5S. The van der Waals surface area contributed by atoms with Gasteiger partial charge in [-0.05, 0) is 6.92 Å². The van der Waals surface area contributed by atoms with Crippen LogP contribution in [0, 0.1) is 6.92 Å². The van der Waals surface area contributed by atoms with Gasteiger partial charge in [-0.25, -0.2) is 13.1 Å². The summed E-state index contributed by atoms with van der Waals surface area (Å²) in [6.45, 7) is 1.59. The molecule has 0 spiro atoms. The zero-order valence-electron chi connectivity index (χ0n) is 7.93. The Hall–Kier alpha value is -1.41. The van der Waals surface area contributed by atoms with Crippen LogP contribution in [0.2, 0.25) is 0 Å². The molecule has 1 aromatic heterocycles. The van der Waals surface area contributed by atoms with Gasteiger partial charge in [0.25, 0.3) is 0 Å². The van der Waals surface area contributed by atoms with Crippen molar-refractivity contribution in [2.45, 2.75) is 13.5 Å². The van der Waals surface area contributed by atoms with Crippen LogP contribution in [0.25, 0.3) is 0 Å². The van der Waals surface area contributed by atoms with Crippen molar-refractivity contribution in [1.29, 1.82) is 0 Å². The lowest BCUT2D eigenvalue weighted by molar-refractivity contribution is -0.134. The Balaban J connectivity index is 2.53. The zero-order valence-corrected chi connectivity index (χ0v) is 8.74. The van der Waals surface area contributed by atoms with E-state index in [1.54, 1.807) is 13.0 Å². The zero-order chi connectivity index (χ0) is 11.5. The molecule has 0 aliphatic rings. The number of hydrogen-bond donors (Lipinski definition) is 2. The molecule has 0 unspecified atom stereocenters. The second-order valence-corrected chi connectivity index (χ2v) is 4.71. The first-order valence-electron chi connectivity index (χ1n) is 4.00. The number of hydrogen-bond acceptors (Lipinski definition) is 5. The highest BCUT2D eigenvalue weighted by atomic mass is 32.2. The first kappa shape index (κ1) is 11.7. The predicted octanol–water partition coefficient (Wildman–Crippen LogP) is -0.513. The first-order valence-corrected chi connectivity index (χ1v) is 5.65. The molecule has 8 heteroatoms. The molecule has 1 heterocycles. The Morgan fingerprint density at radius 3 is 2.80 bits per heavy atom. The average Bonchev–Trinajstić information content (AvgIpc) is 2.46. The monoisotopic (exact) mass is 234 g/mol. The number of rotatable bonds is 5. The fourth-order valence-corrected chi connectivity index (χ4v) is 1.69. The van der Waals surface area contributed by atoms with Crippen molar-refractivity contribution in [2.24, 2.45) is 0 Å². The molecule has 1 rings (SSSR count). The van der Waals surface area contributed by atoms with Crippen LogP contribution in [0.1, 0.15) is 11.5 Å². The van der Waals surface area contributed by atoms with Crippen LogP contribution in [0.5, 0.6) is 0 Å². The first-order chi connectivity index (χ1) is 6.89. The van der Waals surface area contributed by atoms with Crippen molar-refractivity contribution in [3.63, 3.8) is 0 Å². The van der Waals surface area contributed by atoms with Gasteiger partial charge in [0.15, 0.2) is 5.75 Å². The highest BCUT2D eigenvalue weighted by Crippen LogP contribution is 2.01. The van der Waals surface area contributed by atoms with Crippen molar-refractivity contribution in [1.82, 2.24) is 9.88 Å². The fourth-order valence-electron chi connectivity index (χ4n) is 0.899. The van der Waals surface area contributed by atoms with Crippen molar-refractivity contribution < 1.29 is 22.8 Å². The number of carboxylic acid groups (broad SMARTS) is 1. The van der Waals surface area contributed by atoms with Crippen LogP contribution in [0.3, 0.4) is 0 Å². The fraction of sp³-hybridized carbons (Fsp3) is 0.429. The summed E-state index contributed by atoms with van der Waals surface area (Å²) >= 11 is 0. The largest absolute Gasteiger partial charge is 0.480 e. The van der Waals surface area contributed by atoms with Gasteiger partial charge < -0.3 is 9.63 Å². The third kappa shape index (κ3) is 4.09. The van der Waals surface area contributed by atoms with Crippen LogP contribution in [-0.4, -0.2) is 30.4 Å². The summed E-state index contributed by atoms with van der Waals surface area (Å²) in [5.41, 5.74) is 0.404. The molecule has 1 aromatic rings. The van der Waals surface area contributed by atoms with Gasteiger partial charge in [0.05, 0.1) is 12.2 Å². The number of nitrogens with one attached hydrogen (secondary N) is 1. The number of carbonyl (C=O) groups is 1. The van der Waals surface area contributed by atoms with E-state index in [0.717, 1.165) is 0 Å². The molecule has 7 nitrogen and oxygen atoms in total. The molecule has 0 saturated heterocycles. The number of sulfonamides is 1. The average molecular weight is 234 g/mol. The van der Waals surface area contributed by atoms with E-state index in [-0.39, 0.29) is 6.54 Å². The van der Waals surface area contributed by atoms with Crippen molar-refractivity contribution in [3.8, 4) is 0 Å². The third-order valence-corrected chi connectivity index (χ3v) is 2.67. The molecular weight excluding hydrogens is 224 g/mol. The smallest absolute Gasteiger partial charge is 0.320 e. The Labute approximate surface area is 86.1 Å². The summed E-state index contributed by atoms with van der Waals surface area (Å²) in [7, 11) is -3.80. The van der Waals surface area contributed by atoms with Gasteiger partial charge in [-0.1, -0.05) is 5.16 Å². The highest BCUT2D eigenvalue weighted by Gasteiger charge is 2.15. The number of aryl methyl sites for hydroxylation is 1. The van der Waals surface area contributed by atoms with Crippen molar-refractivity contribution >= 4 is 16.0 Å². The number of nitrogens with zero attached hydrogens (tertiary/aromatic N) is 1. The second kappa shape index (κ2) is 4.41. The molecule has 0 bridgehead atoms. The lowest BCUT2D eigenvalue weighted by Crippen LogP contribution is -2.29. The van der Waals surface area contributed by atoms with Crippen molar-refractivity contribution in [2.75, 3.05) is 5.75 Å². The van der Waals surface area contributed by atoms with Gasteiger partial charge in [-0.15, -0.1) is 0 Å². The van der Waals surface area contributed by atoms with Gasteiger partial charge in [0.1, 0.15) is 5.76 Å². The quantitative estimate of drug-likeness (QED) is 0.709. The van der Waals surface area contributed by atoms with E-state index in [4.69, 9.17) is 9.63 Å². The van der Waals surface area contributed by atoms with Gasteiger partial charge in [0, 0.05) is 6.07 Å². The molecule has 0 fully saturated rings. The van der Waals surface area contributed by atoms with E-state index < -0.39 is 21.7 Å². The third-order valence-electron chi connectivity index (χ3n) is 1.46. The van der Waals surface area contributed by atoms with Gasteiger partial charge in [0.2, 0.25) is 10.0 Å². The van der Waals surface area contributed by atoms with Crippen LogP contribution in [-0.2, 0) is 21.4 Å². The minimum atomic E-state index is -3.80. The van der Waals surface area contributed by atoms with Gasteiger partial charge in [-0.2, -0.15) is 0 Å². The van der Waals surface area contributed by atoms with E-state index >= 15 is 0 Å². The minimum absolute atomic E-state index is 0.0764. The van der Waals surface area contributed by atoms with E-state index in [9.17, 15) is 13.2 Å². The summed E-state index contributed by atoms with van der Waals surface area (Å²) < 4.78 is 28.9. The Morgan fingerprint density at radius 2 is 2.33 bits per heavy atom. The Morgan fingerprint density at radius 1 is 1.67 bits per heavy atom. The highest BCUT2D eigenvalue weighted by molar-refractivity contribution is 7.90. The summed E-state index contributed by atoms with van der Waals surface area (Å²) in [5.74, 6) is -1.80. The summed E-state index contributed by atoms with van der Waals surface area (Å²) in [6.07, 6.45) is 0. The van der Waals surface area contributed by atoms with E-state index in [2.05, 4.69) is 9.88 Å². The maximum Gasteiger partial charge on any atom is 0.320 e. The summed E-state index contributed by atoms with van der Waals surface area (Å²) in [5, 5.41) is 11.8. The SMILES string of the molecule is Cc1cc(CNS(=O)(=O)CC(=O)O)no1. The summed E-state index contributed by atoms with van der Waals surface area (Å²) in [4.78, 5) is 10.2. The van der Waals surface area contributed by atoms with Crippen LogP contribution in [0.4, 0.5) is 0 Å². The van der Waals surface area contributed by atoms with E-state index in [1.807, 2.05) is 0 Å². The molecule has 0 radical (unpaired) electrons. The maximum absolute atomic E-state index is 11.1. The van der Waals surface area contributed by atoms with Crippen LogP contribution in [0.15, 0.2) is 10.6 Å². The molecule has 0 amide bonds. The van der Waals surface area contributed by atoms with Gasteiger partial charge >= 0.3 is 5.97 Å². The van der Waals surface area contributed by atoms with E-state index in [1.165, 1.54) is 0 Å². The molecule has 0 atom stereocenters. The second-order valence-electron chi connectivity index (χ2n) is 2.90. The van der Waals surface area contributed by atoms with Crippen LogP contribution >= 0.6 is 0 Å². The Kier molecular flexibility index (Phi) is 3.43. The number of carboxylic acids is 1. The van der Waals surface area contributed by atoms with Crippen LogP contribution < -0.4 is 4.72 Å². The lowest BCUT2D eigenvalue weighted by atomic mass is 10.4. The van der Waals surface area contributed by atoms with E-state index in [0.29, 0.717) is 11.5 Å².